The van der Waals surface area contributed by atoms with Crippen molar-refractivity contribution >= 4 is 17.9 Å². The maximum Gasteiger partial charge on any atom is 0.346 e. The summed E-state index contributed by atoms with van der Waals surface area (Å²) in [6, 6.07) is 3.65. The molecule has 16 heavy (non-hydrogen) atoms. The summed E-state index contributed by atoms with van der Waals surface area (Å²) in [5.41, 5.74) is 0.0744. The molecule has 0 unspecified atom stereocenters. The van der Waals surface area contributed by atoms with Crippen LogP contribution in [0.25, 0.3) is 0 Å². The van der Waals surface area contributed by atoms with Gasteiger partial charge >= 0.3 is 17.9 Å². The van der Waals surface area contributed by atoms with Crippen molar-refractivity contribution in [1.82, 2.24) is 0 Å². The van der Waals surface area contributed by atoms with Gasteiger partial charge in [-0.3, -0.25) is 0 Å². The smallest absolute Gasteiger partial charge is 0.346 e. The molecule has 0 amide bonds. The number of fused-ring (bicyclic) bond motifs is 1. The Morgan fingerprint density at radius 3 is 2.25 bits per heavy atom. The summed E-state index contributed by atoms with van der Waals surface area (Å²) >= 11 is 0. The van der Waals surface area contributed by atoms with E-state index < -0.39 is 17.9 Å². The first-order chi connectivity index (χ1) is 7.59. The highest BCUT2D eigenvalue weighted by Gasteiger charge is 2.30. The molecule has 1 heterocycles. The first-order valence-corrected chi connectivity index (χ1v) is 4.73. The molecule has 84 valence electrons. The van der Waals surface area contributed by atoms with E-state index in [9.17, 15) is 14.4 Å². The number of rotatable bonds is 1. The number of cyclic esters (lactones) is 2. The summed E-state index contributed by atoms with van der Waals surface area (Å²) in [6.45, 7) is 4.00. The van der Waals surface area contributed by atoms with E-state index in [1.165, 1.54) is 12.1 Å². The minimum atomic E-state index is -1.15. The lowest BCUT2D eigenvalue weighted by Gasteiger charge is -1.94. The van der Waals surface area contributed by atoms with Crippen LogP contribution in [0.15, 0.2) is 18.2 Å². The highest BCUT2D eigenvalue weighted by Crippen LogP contribution is 2.20. The van der Waals surface area contributed by atoms with Gasteiger partial charge in [0, 0.05) is 0 Å². The van der Waals surface area contributed by atoms with E-state index in [1.807, 2.05) is 13.8 Å². The summed E-state index contributed by atoms with van der Waals surface area (Å²) in [7, 11) is 0. The number of carbonyl (C=O) groups is 3. The minimum absolute atomic E-state index is 0.00917. The van der Waals surface area contributed by atoms with Gasteiger partial charge in [-0.05, 0) is 18.2 Å². The van der Waals surface area contributed by atoms with Crippen molar-refractivity contribution in [2.75, 3.05) is 0 Å². The van der Waals surface area contributed by atoms with Crippen LogP contribution in [0.3, 0.4) is 0 Å². The van der Waals surface area contributed by atoms with E-state index in [2.05, 4.69) is 4.74 Å². The Hall–Kier alpha value is -2.17. The fourth-order valence-corrected chi connectivity index (χ4v) is 1.22. The van der Waals surface area contributed by atoms with Gasteiger partial charge in [0.1, 0.15) is 0 Å². The fraction of sp³-hybridized carbons (Fsp3) is 0.182. The highest BCUT2D eigenvalue weighted by atomic mass is 16.6. The Bertz CT molecular complexity index is 461. The normalized spacial score (nSPS) is 12.4. The molecule has 0 spiro atoms. The molecule has 1 aliphatic heterocycles. The van der Waals surface area contributed by atoms with Gasteiger partial charge in [-0.1, -0.05) is 13.8 Å². The van der Waals surface area contributed by atoms with E-state index in [4.69, 9.17) is 5.11 Å². The average molecular weight is 222 g/mol. The van der Waals surface area contributed by atoms with Gasteiger partial charge in [0.15, 0.2) is 0 Å². The molecular weight excluding hydrogens is 212 g/mol. The summed E-state index contributed by atoms with van der Waals surface area (Å²) in [5, 5.41) is 8.63. The maximum atomic E-state index is 11.0. The van der Waals surface area contributed by atoms with E-state index in [1.54, 1.807) is 0 Å². The Kier molecular flexibility index (Phi) is 3.40. The molecule has 1 aliphatic rings. The molecule has 0 bridgehead atoms. The number of ether oxygens (including phenoxy) is 1. The van der Waals surface area contributed by atoms with Crippen LogP contribution in [0.4, 0.5) is 0 Å². The number of aromatic carboxylic acids is 1. The monoisotopic (exact) mass is 222 g/mol. The third-order valence-corrected chi connectivity index (χ3v) is 1.89. The summed E-state index contributed by atoms with van der Waals surface area (Å²) in [5.74, 6) is -2.69. The Balaban J connectivity index is 0.000000606. The van der Waals surface area contributed by atoms with Gasteiger partial charge < -0.3 is 9.84 Å². The van der Waals surface area contributed by atoms with Crippen molar-refractivity contribution in [2.24, 2.45) is 0 Å². The van der Waals surface area contributed by atoms with Crippen LogP contribution in [0.1, 0.15) is 44.9 Å². The third-order valence-electron chi connectivity index (χ3n) is 1.89. The number of benzene rings is 1. The predicted octanol–water partition coefficient (Wildman–Crippen LogP) is 1.72. The van der Waals surface area contributed by atoms with Gasteiger partial charge in [0.25, 0.3) is 0 Å². The molecule has 5 heteroatoms. The molecule has 0 fully saturated rings. The molecule has 0 aromatic heterocycles. The molecule has 0 radical (unpaired) electrons. The second kappa shape index (κ2) is 4.57. The van der Waals surface area contributed by atoms with Crippen molar-refractivity contribution in [2.45, 2.75) is 13.8 Å². The highest BCUT2D eigenvalue weighted by molar-refractivity contribution is 6.15. The van der Waals surface area contributed by atoms with E-state index in [0.29, 0.717) is 0 Å². The molecule has 1 aromatic rings. The number of esters is 2. The van der Waals surface area contributed by atoms with Gasteiger partial charge in [-0.2, -0.15) is 0 Å². The topological polar surface area (TPSA) is 80.7 Å². The van der Waals surface area contributed by atoms with Crippen molar-refractivity contribution in [3.8, 4) is 0 Å². The third kappa shape index (κ3) is 1.93. The number of carboxylic acids is 1. The summed E-state index contributed by atoms with van der Waals surface area (Å²) in [6.07, 6.45) is 0. The van der Waals surface area contributed by atoms with Crippen LogP contribution < -0.4 is 0 Å². The SMILES string of the molecule is CC.O=C(O)c1ccc2c(c1)C(=O)OC2=O. The van der Waals surface area contributed by atoms with Crippen LogP contribution in [-0.4, -0.2) is 23.0 Å². The lowest BCUT2D eigenvalue weighted by molar-refractivity contribution is 0.0443. The molecule has 5 nitrogen and oxygen atoms in total. The Morgan fingerprint density at radius 1 is 1.12 bits per heavy atom. The van der Waals surface area contributed by atoms with Crippen molar-refractivity contribution < 1.29 is 24.2 Å². The zero-order valence-corrected chi connectivity index (χ0v) is 8.81. The second-order valence-electron chi connectivity index (χ2n) is 2.74. The summed E-state index contributed by atoms with van der Waals surface area (Å²) < 4.78 is 4.30. The lowest BCUT2D eigenvalue weighted by atomic mass is 10.1. The van der Waals surface area contributed by atoms with Crippen LogP contribution in [0, 0.1) is 0 Å². The molecular formula is C11H10O5. The van der Waals surface area contributed by atoms with Crippen LogP contribution >= 0.6 is 0 Å². The number of carbonyl (C=O) groups excluding carboxylic acids is 2. The number of carboxylic acid groups (broad SMARTS) is 1. The van der Waals surface area contributed by atoms with Crippen molar-refractivity contribution in [3.63, 3.8) is 0 Å². The Morgan fingerprint density at radius 2 is 1.69 bits per heavy atom. The average Bonchev–Trinajstić information content (AvgIpc) is 2.57. The maximum absolute atomic E-state index is 11.0. The van der Waals surface area contributed by atoms with Gasteiger partial charge in [0.05, 0.1) is 16.7 Å². The van der Waals surface area contributed by atoms with E-state index in [0.717, 1.165) is 6.07 Å². The molecule has 0 saturated carbocycles. The van der Waals surface area contributed by atoms with E-state index in [-0.39, 0.29) is 16.7 Å². The molecule has 0 aliphatic carbocycles. The van der Waals surface area contributed by atoms with Crippen LogP contribution in [-0.2, 0) is 4.74 Å². The lowest BCUT2D eigenvalue weighted by Crippen LogP contribution is -2.00. The van der Waals surface area contributed by atoms with Crippen LogP contribution in [0.2, 0.25) is 0 Å². The zero-order valence-electron chi connectivity index (χ0n) is 8.81. The molecule has 2 rings (SSSR count). The van der Waals surface area contributed by atoms with Gasteiger partial charge in [-0.25, -0.2) is 14.4 Å². The molecule has 1 N–H and O–H groups in total. The first-order valence-electron chi connectivity index (χ1n) is 4.73. The second-order valence-corrected chi connectivity index (χ2v) is 2.74. The molecule has 0 saturated heterocycles. The van der Waals surface area contributed by atoms with Gasteiger partial charge in [-0.15, -0.1) is 0 Å². The number of hydrogen-bond acceptors (Lipinski definition) is 4. The predicted molar refractivity (Wildman–Crippen MR) is 54.5 cm³/mol. The quantitative estimate of drug-likeness (QED) is 0.578. The molecule has 0 atom stereocenters. The standard InChI is InChI=1S/C9H4O5.C2H6/c10-7(11)4-1-2-5-6(3-4)9(13)14-8(5)12;1-2/h1-3H,(H,10,11);1-2H3. The molecule has 1 aromatic carbocycles. The Labute approximate surface area is 91.6 Å². The van der Waals surface area contributed by atoms with Crippen LogP contribution in [0.5, 0.6) is 0 Å². The minimum Gasteiger partial charge on any atom is -0.478 e. The van der Waals surface area contributed by atoms with Crippen molar-refractivity contribution in [3.05, 3.63) is 34.9 Å². The summed E-state index contributed by atoms with van der Waals surface area (Å²) in [4.78, 5) is 32.5. The van der Waals surface area contributed by atoms with E-state index >= 15 is 0 Å². The fourth-order valence-electron chi connectivity index (χ4n) is 1.22. The largest absolute Gasteiger partial charge is 0.478 e. The van der Waals surface area contributed by atoms with Gasteiger partial charge in [0.2, 0.25) is 0 Å². The zero-order chi connectivity index (χ0) is 12.3. The first kappa shape index (κ1) is 11.9. The number of hydrogen-bond donors (Lipinski definition) is 1. The van der Waals surface area contributed by atoms with Crippen molar-refractivity contribution in [1.29, 1.82) is 0 Å².